The molecule has 2 aromatic carbocycles. The van der Waals surface area contributed by atoms with Crippen LogP contribution in [-0.4, -0.2) is 11.1 Å². The Morgan fingerprint density at radius 3 is 2.64 bits per heavy atom. The Morgan fingerprint density at radius 2 is 1.92 bits per heavy atom. The molecule has 1 heterocycles. The van der Waals surface area contributed by atoms with Crippen molar-refractivity contribution in [2.45, 2.75) is 27.0 Å². The molecule has 0 unspecified atom stereocenters. The first-order valence-electron chi connectivity index (χ1n) is 8.10. The highest BCUT2D eigenvalue weighted by molar-refractivity contribution is 5.94. The number of nitrogens with one attached hydrogen (secondary N) is 1. The van der Waals surface area contributed by atoms with Crippen LogP contribution in [-0.2, 0) is 13.2 Å². The number of carbonyl (C=O) groups excluding carboxylic acids is 1. The Bertz CT molecular complexity index is 837. The van der Waals surface area contributed by atoms with Crippen LogP contribution in [0.4, 0.5) is 0 Å². The third kappa shape index (κ3) is 4.26. The largest absolute Gasteiger partial charge is 0.489 e. The number of ether oxygens (including phenoxy) is 1. The molecule has 0 atom stereocenters. The first kappa shape index (κ1) is 16.8. The van der Waals surface area contributed by atoms with Gasteiger partial charge >= 0.3 is 0 Å². The van der Waals surface area contributed by atoms with E-state index in [-0.39, 0.29) is 5.91 Å². The van der Waals surface area contributed by atoms with E-state index in [1.165, 1.54) is 0 Å². The molecule has 1 amide bonds. The second-order valence-electron chi connectivity index (χ2n) is 5.79. The van der Waals surface area contributed by atoms with Crippen molar-refractivity contribution in [1.29, 1.82) is 0 Å². The van der Waals surface area contributed by atoms with Crippen LogP contribution in [0.5, 0.6) is 5.75 Å². The molecule has 1 aromatic heterocycles. The standard InChI is InChI=1S/C20H20N2O3/c1-14-19(15(2)25-22-14)13-24-18-10-6-9-17(11-18)20(23)21-12-16-7-4-3-5-8-16/h3-11H,12-13H2,1-2H3,(H,21,23). The van der Waals surface area contributed by atoms with Crippen molar-refractivity contribution < 1.29 is 14.1 Å². The van der Waals surface area contributed by atoms with Gasteiger partial charge in [0.25, 0.3) is 5.91 Å². The molecule has 0 saturated heterocycles. The van der Waals surface area contributed by atoms with Crippen LogP contribution < -0.4 is 10.1 Å². The Hall–Kier alpha value is -3.08. The second kappa shape index (κ2) is 7.66. The third-order valence-electron chi connectivity index (χ3n) is 3.96. The van der Waals surface area contributed by atoms with Crippen molar-refractivity contribution in [1.82, 2.24) is 10.5 Å². The van der Waals surface area contributed by atoms with Crippen molar-refractivity contribution in [3.63, 3.8) is 0 Å². The molecule has 0 saturated carbocycles. The summed E-state index contributed by atoms with van der Waals surface area (Å²) in [6, 6.07) is 16.9. The van der Waals surface area contributed by atoms with Gasteiger partial charge in [-0.3, -0.25) is 4.79 Å². The number of benzene rings is 2. The Labute approximate surface area is 146 Å². The van der Waals surface area contributed by atoms with E-state index in [0.29, 0.717) is 24.5 Å². The van der Waals surface area contributed by atoms with Gasteiger partial charge in [-0.15, -0.1) is 0 Å². The zero-order chi connectivity index (χ0) is 17.6. The fourth-order valence-corrected chi connectivity index (χ4v) is 2.47. The van der Waals surface area contributed by atoms with E-state index < -0.39 is 0 Å². The average Bonchev–Trinajstić information content (AvgIpc) is 2.97. The molecule has 1 N–H and O–H groups in total. The van der Waals surface area contributed by atoms with Crippen LogP contribution >= 0.6 is 0 Å². The molecule has 0 aliphatic heterocycles. The van der Waals surface area contributed by atoms with Gasteiger partial charge in [0, 0.05) is 12.1 Å². The van der Waals surface area contributed by atoms with E-state index in [1.807, 2.05) is 50.2 Å². The molecular formula is C20H20N2O3. The van der Waals surface area contributed by atoms with Crippen LogP contribution in [0, 0.1) is 13.8 Å². The van der Waals surface area contributed by atoms with Crippen LogP contribution in [0.25, 0.3) is 0 Å². The van der Waals surface area contributed by atoms with E-state index in [0.717, 1.165) is 22.6 Å². The summed E-state index contributed by atoms with van der Waals surface area (Å²) in [5.41, 5.74) is 3.36. The summed E-state index contributed by atoms with van der Waals surface area (Å²) < 4.78 is 10.9. The van der Waals surface area contributed by atoms with E-state index in [1.54, 1.807) is 18.2 Å². The van der Waals surface area contributed by atoms with E-state index in [4.69, 9.17) is 9.26 Å². The number of rotatable bonds is 6. The molecule has 0 spiro atoms. The minimum absolute atomic E-state index is 0.133. The molecule has 5 heteroatoms. The van der Waals surface area contributed by atoms with Crippen molar-refractivity contribution in [3.05, 3.63) is 82.7 Å². The van der Waals surface area contributed by atoms with Gasteiger partial charge in [-0.1, -0.05) is 41.6 Å². The highest BCUT2D eigenvalue weighted by atomic mass is 16.5. The lowest BCUT2D eigenvalue weighted by molar-refractivity contribution is 0.0950. The number of nitrogens with zero attached hydrogens (tertiary/aromatic N) is 1. The SMILES string of the molecule is Cc1noc(C)c1COc1cccc(C(=O)NCc2ccccc2)c1. The second-order valence-corrected chi connectivity index (χ2v) is 5.79. The van der Waals surface area contributed by atoms with Crippen molar-refractivity contribution in [3.8, 4) is 5.75 Å². The van der Waals surface area contributed by atoms with Gasteiger partial charge in [-0.05, 0) is 37.6 Å². The summed E-state index contributed by atoms with van der Waals surface area (Å²) >= 11 is 0. The maximum atomic E-state index is 12.3. The van der Waals surface area contributed by atoms with Crippen LogP contribution in [0.15, 0.2) is 59.1 Å². The van der Waals surface area contributed by atoms with E-state index in [9.17, 15) is 4.79 Å². The lowest BCUT2D eigenvalue weighted by atomic mass is 10.2. The fourth-order valence-electron chi connectivity index (χ4n) is 2.47. The Kier molecular flexibility index (Phi) is 5.14. The highest BCUT2D eigenvalue weighted by Crippen LogP contribution is 2.18. The predicted octanol–water partition coefficient (Wildman–Crippen LogP) is 3.80. The summed E-state index contributed by atoms with van der Waals surface area (Å²) in [5.74, 6) is 1.24. The summed E-state index contributed by atoms with van der Waals surface area (Å²) in [5, 5.41) is 6.82. The number of aryl methyl sites for hydroxylation is 2. The van der Waals surface area contributed by atoms with Crippen molar-refractivity contribution in [2.75, 3.05) is 0 Å². The van der Waals surface area contributed by atoms with Gasteiger partial charge < -0.3 is 14.6 Å². The minimum atomic E-state index is -0.133. The molecule has 0 fully saturated rings. The topological polar surface area (TPSA) is 64.4 Å². The van der Waals surface area contributed by atoms with Gasteiger partial charge in [0.15, 0.2) is 0 Å². The smallest absolute Gasteiger partial charge is 0.251 e. The van der Waals surface area contributed by atoms with Crippen molar-refractivity contribution in [2.24, 2.45) is 0 Å². The van der Waals surface area contributed by atoms with Crippen LogP contribution in [0.2, 0.25) is 0 Å². The van der Waals surface area contributed by atoms with Gasteiger partial charge in [0.1, 0.15) is 18.1 Å². The van der Waals surface area contributed by atoms with Gasteiger partial charge in [-0.2, -0.15) is 0 Å². The highest BCUT2D eigenvalue weighted by Gasteiger charge is 2.11. The van der Waals surface area contributed by atoms with E-state index >= 15 is 0 Å². The number of hydrogen-bond acceptors (Lipinski definition) is 4. The molecule has 3 aromatic rings. The molecule has 0 radical (unpaired) electrons. The van der Waals surface area contributed by atoms with Crippen LogP contribution in [0.3, 0.4) is 0 Å². The summed E-state index contributed by atoms with van der Waals surface area (Å²) in [4.78, 5) is 12.3. The average molecular weight is 336 g/mol. The normalized spacial score (nSPS) is 10.5. The molecule has 128 valence electrons. The minimum Gasteiger partial charge on any atom is -0.489 e. The van der Waals surface area contributed by atoms with Crippen LogP contribution in [0.1, 0.15) is 32.9 Å². The molecule has 0 aliphatic rings. The van der Waals surface area contributed by atoms with Gasteiger partial charge in [-0.25, -0.2) is 0 Å². The molecule has 0 aliphatic carbocycles. The molecule has 5 nitrogen and oxygen atoms in total. The first-order valence-corrected chi connectivity index (χ1v) is 8.10. The number of amides is 1. The quantitative estimate of drug-likeness (QED) is 0.743. The summed E-state index contributed by atoms with van der Waals surface area (Å²) in [7, 11) is 0. The molecular weight excluding hydrogens is 316 g/mol. The molecule has 25 heavy (non-hydrogen) atoms. The monoisotopic (exact) mass is 336 g/mol. The zero-order valence-corrected chi connectivity index (χ0v) is 14.3. The van der Waals surface area contributed by atoms with Gasteiger partial charge in [0.05, 0.1) is 11.3 Å². The number of aromatic nitrogens is 1. The predicted molar refractivity (Wildman–Crippen MR) is 94.4 cm³/mol. The zero-order valence-electron chi connectivity index (χ0n) is 14.3. The molecule has 0 bridgehead atoms. The lowest BCUT2D eigenvalue weighted by Crippen LogP contribution is -2.22. The van der Waals surface area contributed by atoms with Gasteiger partial charge in [0.2, 0.25) is 0 Å². The first-order chi connectivity index (χ1) is 12.1. The number of carbonyl (C=O) groups is 1. The Balaban J connectivity index is 1.61. The maximum absolute atomic E-state index is 12.3. The summed E-state index contributed by atoms with van der Waals surface area (Å²) in [6.07, 6.45) is 0. The lowest BCUT2D eigenvalue weighted by Gasteiger charge is -2.09. The maximum Gasteiger partial charge on any atom is 0.251 e. The summed E-state index contributed by atoms with van der Waals surface area (Å²) in [6.45, 7) is 4.58. The third-order valence-corrected chi connectivity index (χ3v) is 3.96. The Morgan fingerprint density at radius 1 is 1.12 bits per heavy atom. The molecule has 3 rings (SSSR count). The van der Waals surface area contributed by atoms with Crippen molar-refractivity contribution >= 4 is 5.91 Å². The fraction of sp³-hybridized carbons (Fsp3) is 0.200. The van der Waals surface area contributed by atoms with E-state index in [2.05, 4.69) is 10.5 Å². The number of hydrogen-bond donors (Lipinski definition) is 1.